The summed E-state index contributed by atoms with van der Waals surface area (Å²) in [5.74, 6) is 2.37. The van der Waals surface area contributed by atoms with Gasteiger partial charge in [-0.25, -0.2) is 4.74 Å². The van der Waals surface area contributed by atoms with Crippen LogP contribution in [0.4, 0.5) is 11.4 Å². The summed E-state index contributed by atoms with van der Waals surface area (Å²) in [4.78, 5) is 2.33. The van der Waals surface area contributed by atoms with Gasteiger partial charge in [0.15, 0.2) is 0 Å². The Morgan fingerprint density at radius 2 is 1.68 bits per heavy atom. The fourth-order valence-corrected chi connectivity index (χ4v) is 7.75. The number of hydrogen-bond donors (Lipinski definition) is 0. The van der Waals surface area contributed by atoms with Crippen molar-refractivity contribution < 1.29 is 4.52 Å². The molecular weight excluding hydrogens is 435 g/mol. The van der Waals surface area contributed by atoms with Crippen LogP contribution in [0.2, 0.25) is 0 Å². The third-order valence-corrected chi connectivity index (χ3v) is 9.48. The predicted octanol–water partition coefficient (Wildman–Crippen LogP) is 8.46. The van der Waals surface area contributed by atoms with Gasteiger partial charge in [-0.15, -0.1) is 0 Å². The van der Waals surface area contributed by atoms with Crippen LogP contribution in [0, 0.1) is 13.8 Å². The van der Waals surface area contributed by atoms with Gasteiger partial charge in [0.05, 0.1) is 12.3 Å². The van der Waals surface area contributed by atoms with Crippen LogP contribution >= 0.6 is 7.28 Å². The number of benzene rings is 3. The normalized spacial score (nSPS) is 17.5. The van der Waals surface area contributed by atoms with Crippen molar-refractivity contribution >= 4 is 24.0 Å². The summed E-state index contributed by atoms with van der Waals surface area (Å²) in [6, 6.07) is 25.8. The Bertz CT molecular complexity index is 1240. The van der Waals surface area contributed by atoms with Crippen molar-refractivity contribution in [3.8, 4) is 0 Å². The molecule has 4 heteroatoms. The SMILES string of the molecule is CCCCO[P@@](/C=C1/N(C)c2ccccc2C1(C)C)(=Nc1ccc(C)cc1C)c1ccccc1. The van der Waals surface area contributed by atoms with Crippen molar-refractivity contribution in [1.29, 1.82) is 0 Å². The molecule has 0 aromatic heterocycles. The van der Waals surface area contributed by atoms with E-state index in [1.54, 1.807) is 0 Å². The van der Waals surface area contributed by atoms with E-state index in [0.717, 1.165) is 23.8 Å². The Balaban J connectivity index is 2.00. The number of nitrogens with zero attached hydrogens (tertiary/aromatic N) is 2. The van der Waals surface area contributed by atoms with Gasteiger partial charge in [-0.05, 0) is 43.5 Å². The monoisotopic (exact) mass is 472 g/mol. The van der Waals surface area contributed by atoms with E-state index in [0.29, 0.717) is 6.61 Å². The van der Waals surface area contributed by atoms with Crippen LogP contribution in [0.15, 0.2) is 89.1 Å². The molecule has 3 aromatic carbocycles. The number of hydrogen-bond acceptors (Lipinski definition) is 3. The number of unbranched alkanes of at least 4 members (excludes halogenated alkanes) is 1. The predicted molar refractivity (Wildman–Crippen MR) is 148 cm³/mol. The summed E-state index contributed by atoms with van der Waals surface area (Å²) in [5.41, 5.74) is 7.14. The van der Waals surface area contributed by atoms with Crippen molar-refractivity contribution in [3.63, 3.8) is 0 Å². The van der Waals surface area contributed by atoms with E-state index in [1.807, 2.05) is 0 Å². The highest BCUT2D eigenvalue weighted by molar-refractivity contribution is 7.72. The zero-order chi connectivity index (χ0) is 24.3. The average Bonchev–Trinajstić information content (AvgIpc) is 3.02. The maximum Gasteiger partial charge on any atom is 0.143 e. The van der Waals surface area contributed by atoms with Gasteiger partial charge in [0.25, 0.3) is 0 Å². The number of allylic oxidation sites excluding steroid dienone is 1. The summed E-state index contributed by atoms with van der Waals surface area (Å²) in [7, 11) is -0.347. The molecule has 178 valence electrons. The molecular formula is C30H37N2OP. The van der Waals surface area contributed by atoms with Gasteiger partial charge in [0.2, 0.25) is 0 Å². The molecule has 0 unspecified atom stereocenters. The summed E-state index contributed by atoms with van der Waals surface area (Å²) < 4.78 is 12.4. The van der Waals surface area contributed by atoms with Gasteiger partial charge in [-0.2, -0.15) is 0 Å². The van der Waals surface area contributed by atoms with Crippen molar-refractivity contribution in [2.24, 2.45) is 4.74 Å². The lowest BCUT2D eigenvalue weighted by Crippen LogP contribution is -2.23. The molecule has 0 saturated carbocycles. The Labute approximate surface area is 205 Å². The maximum atomic E-state index is 6.89. The highest BCUT2D eigenvalue weighted by Gasteiger charge is 2.40. The van der Waals surface area contributed by atoms with Crippen LogP contribution in [0.25, 0.3) is 0 Å². The number of likely N-dealkylation sites (N-methyl/N-ethyl adjacent to an activating group) is 1. The molecule has 0 radical (unpaired) electrons. The minimum Gasteiger partial charge on any atom is -0.347 e. The lowest BCUT2D eigenvalue weighted by Gasteiger charge is -2.29. The second kappa shape index (κ2) is 9.94. The molecule has 1 atom stereocenters. The van der Waals surface area contributed by atoms with Gasteiger partial charge in [-0.1, -0.05) is 93.4 Å². The molecule has 0 fully saturated rings. The molecule has 0 aliphatic carbocycles. The molecule has 0 spiro atoms. The molecule has 1 heterocycles. The smallest absolute Gasteiger partial charge is 0.143 e. The third-order valence-electron chi connectivity index (χ3n) is 6.76. The average molecular weight is 473 g/mol. The standard InChI is InChI=1S/C30H37N2OP/c1-7-8-20-33-34(25-14-10-9-11-15-25,31-27-19-18-23(2)21-24(27)3)22-29-30(4,5)26-16-12-13-17-28(26)32(29)6/h9-19,21-22H,7-8,20H2,1-6H3/b29-22+/t34-/m1/s1. The lowest BCUT2D eigenvalue weighted by atomic mass is 9.84. The summed E-state index contributed by atoms with van der Waals surface area (Å²) in [6.07, 6.45) is 2.10. The number of anilines is 1. The first kappa shape index (κ1) is 24.5. The minimum atomic E-state index is -2.52. The Hall–Kier alpha value is -2.61. The van der Waals surface area contributed by atoms with Crippen LogP contribution in [0.1, 0.15) is 50.3 Å². The highest BCUT2D eigenvalue weighted by atomic mass is 31.2. The molecule has 0 saturated heterocycles. The zero-order valence-corrected chi connectivity index (χ0v) is 22.3. The second-order valence-electron chi connectivity index (χ2n) is 9.75. The first-order valence-electron chi connectivity index (χ1n) is 12.2. The quantitative estimate of drug-likeness (QED) is 0.254. The zero-order valence-electron chi connectivity index (χ0n) is 21.4. The van der Waals surface area contributed by atoms with E-state index in [1.165, 1.54) is 28.1 Å². The van der Waals surface area contributed by atoms with E-state index in [4.69, 9.17) is 9.27 Å². The molecule has 4 rings (SSSR count). The first-order chi connectivity index (χ1) is 16.3. The first-order valence-corrected chi connectivity index (χ1v) is 14.0. The minimum absolute atomic E-state index is 0.142. The van der Waals surface area contributed by atoms with Crippen LogP contribution in [-0.2, 0) is 9.94 Å². The second-order valence-corrected chi connectivity index (χ2v) is 12.2. The van der Waals surface area contributed by atoms with E-state index >= 15 is 0 Å². The fourth-order valence-electron chi connectivity index (χ4n) is 4.76. The van der Waals surface area contributed by atoms with Crippen molar-refractivity contribution in [2.45, 2.75) is 52.9 Å². The van der Waals surface area contributed by atoms with E-state index in [-0.39, 0.29) is 5.41 Å². The number of rotatable bonds is 7. The molecule has 0 bridgehead atoms. The summed E-state index contributed by atoms with van der Waals surface area (Å²) >= 11 is 0. The van der Waals surface area contributed by atoms with Gasteiger partial charge >= 0.3 is 0 Å². The van der Waals surface area contributed by atoms with Gasteiger partial charge in [-0.3, -0.25) is 0 Å². The Morgan fingerprint density at radius 1 is 0.971 bits per heavy atom. The van der Waals surface area contributed by atoms with E-state index < -0.39 is 7.28 Å². The van der Waals surface area contributed by atoms with Crippen LogP contribution in [0.5, 0.6) is 0 Å². The third kappa shape index (κ3) is 4.65. The molecule has 3 aromatic rings. The summed E-state index contributed by atoms with van der Waals surface area (Å²) in [6.45, 7) is 11.8. The van der Waals surface area contributed by atoms with E-state index in [2.05, 4.69) is 125 Å². The Kier molecular flexibility index (Phi) is 7.17. The van der Waals surface area contributed by atoms with Crippen molar-refractivity contribution in [2.75, 3.05) is 18.6 Å². The summed E-state index contributed by atoms with van der Waals surface area (Å²) in [5, 5.41) is 1.15. The van der Waals surface area contributed by atoms with Crippen LogP contribution < -0.4 is 10.2 Å². The van der Waals surface area contributed by atoms with Gasteiger partial charge in [0.1, 0.15) is 7.28 Å². The molecule has 1 aliphatic rings. The van der Waals surface area contributed by atoms with Crippen molar-refractivity contribution in [1.82, 2.24) is 0 Å². The fraction of sp³-hybridized carbons (Fsp3) is 0.333. The number of fused-ring (bicyclic) bond motifs is 1. The largest absolute Gasteiger partial charge is 0.347 e. The van der Waals surface area contributed by atoms with Crippen LogP contribution in [-0.4, -0.2) is 13.7 Å². The topological polar surface area (TPSA) is 24.8 Å². The molecule has 3 nitrogen and oxygen atoms in total. The number of para-hydroxylation sites is 1. The molecule has 0 amide bonds. The van der Waals surface area contributed by atoms with Crippen molar-refractivity contribution in [3.05, 3.63) is 101 Å². The number of aryl methyl sites for hydroxylation is 2. The Morgan fingerprint density at radius 3 is 2.35 bits per heavy atom. The van der Waals surface area contributed by atoms with E-state index in [9.17, 15) is 0 Å². The van der Waals surface area contributed by atoms with Crippen LogP contribution in [0.3, 0.4) is 0 Å². The molecule has 1 aliphatic heterocycles. The highest BCUT2D eigenvalue weighted by Crippen LogP contribution is 2.58. The molecule has 34 heavy (non-hydrogen) atoms. The van der Waals surface area contributed by atoms with Gasteiger partial charge in [0, 0.05) is 35.0 Å². The van der Waals surface area contributed by atoms with Gasteiger partial charge < -0.3 is 9.42 Å². The lowest BCUT2D eigenvalue weighted by molar-refractivity contribution is 0.344. The molecule has 0 N–H and O–H groups in total. The maximum absolute atomic E-state index is 6.89.